The summed E-state index contributed by atoms with van der Waals surface area (Å²) in [6.45, 7) is 2.23. The molecule has 5 heteroatoms. The molecule has 19 heavy (non-hydrogen) atoms. The van der Waals surface area contributed by atoms with Gasteiger partial charge in [-0.25, -0.2) is 4.98 Å². The fourth-order valence-corrected chi connectivity index (χ4v) is 2.67. The normalized spacial score (nSPS) is 21.9. The Morgan fingerprint density at radius 3 is 2.84 bits per heavy atom. The molecule has 0 spiro atoms. The predicted octanol–water partition coefficient (Wildman–Crippen LogP) is 3.35. The van der Waals surface area contributed by atoms with Crippen molar-refractivity contribution >= 4 is 22.3 Å². The van der Waals surface area contributed by atoms with Gasteiger partial charge in [0, 0.05) is 29.4 Å². The minimum Gasteiger partial charge on any atom is -0.382 e. The van der Waals surface area contributed by atoms with Gasteiger partial charge in [0.2, 0.25) is 0 Å². The number of aromatic nitrogens is 1. The summed E-state index contributed by atoms with van der Waals surface area (Å²) < 4.78 is 0. The van der Waals surface area contributed by atoms with E-state index in [1.807, 2.05) is 6.07 Å². The van der Waals surface area contributed by atoms with Gasteiger partial charge in [0.1, 0.15) is 5.52 Å². The first-order valence-electron chi connectivity index (χ1n) is 6.44. The molecule has 1 aliphatic carbocycles. The molecule has 2 aromatic rings. The molecule has 5 nitrogen and oxygen atoms in total. The maximum absolute atomic E-state index is 11.0. The van der Waals surface area contributed by atoms with Crippen LogP contribution in [-0.4, -0.2) is 15.9 Å². The van der Waals surface area contributed by atoms with Crippen molar-refractivity contribution in [2.24, 2.45) is 5.92 Å². The van der Waals surface area contributed by atoms with Crippen molar-refractivity contribution < 1.29 is 4.92 Å². The van der Waals surface area contributed by atoms with E-state index in [4.69, 9.17) is 0 Å². The Bertz CT molecular complexity index is 636. The summed E-state index contributed by atoms with van der Waals surface area (Å²) in [6, 6.07) is 7.46. The van der Waals surface area contributed by atoms with Crippen LogP contribution in [0.5, 0.6) is 0 Å². The van der Waals surface area contributed by atoms with Gasteiger partial charge in [-0.05, 0) is 37.0 Å². The lowest BCUT2D eigenvalue weighted by molar-refractivity contribution is -0.383. The molecule has 0 atom stereocenters. The Labute approximate surface area is 110 Å². The minimum absolute atomic E-state index is 0.0585. The zero-order valence-electron chi connectivity index (χ0n) is 10.7. The van der Waals surface area contributed by atoms with E-state index in [2.05, 4.69) is 17.2 Å². The topological polar surface area (TPSA) is 68.1 Å². The molecule has 1 saturated carbocycles. The number of nitrogens with one attached hydrogen (secondary N) is 1. The second-order valence-corrected chi connectivity index (χ2v) is 5.21. The summed E-state index contributed by atoms with van der Waals surface area (Å²) in [7, 11) is 0. The van der Waals surface area contributed by atoms with Crippen LogP contribution in [-0.2, 0) is 0 Å². The Morgan fingerprint density at radius 1 is 1.37 bits per heavy atom. The molecule has 1 aliphatic rings. The first kappa shape index (κ1) is 11.9. The molecular weight excluding hydrogens is 242 g/mol. The average Bonchev–Trinajstić information content (AvgIpc) is 2.36. The predicted molar refractivity (Wildman–Crippen MR) is 74.2 cm³/mol. The van der Waals surface area contributed by atoms with Crippen LogP contribution in [0.25, 0.3) is 10.9 Å². The van der Waals surface area contributed by atoms with E-state index in [1.165, 1.54) is 6.07 Å². The van der Waals surface area contributed by atoms with Gasteiger partial charge >= 0.3 is 0 Å². The number of hydrogen-bond acceptors (Lipinski definition) is 4. The largest absolute Gasteiger partial charge is 0.382 e. The summed E-state index contributed by atoms with van der Waals surface area (Å²) >= 11 is 0. The summed E-state index contributed by atoms with van der Waals surface area (Å²) in [5.41, 5.74) is 1.44. The second-order valence-electron chi connectivity index (χ2n) is 5.21. The molecule has 0 amide bonds. The number of nitro benzene ring substituents is 1. The van der Waals surface area contributed by atoms with E-state index >= 15 is 0 Å². The molecule has 98 valence electrons. The van der Waals surface area contributed by atoms with Crippen molar-refractivity contribution in [3.63, 3.8) is 0 Å². The van der Waals surface area contributed by atoms with Crippen LogP contribution in [0.3, 0.4) is 0 Å². The lowest BCUT2D eigenvalue weighted by Crippen LogP contribution is -2.33. The number of non-ortho nitro benzene ring substituents is 1. The number of fused-ring (bicyclic) bond motifs is 1. The summed E-state index contributed by atoms with van der Waals surface area (Å²) in [6.07, 6.45) is 3.89. The third-order valence-electron chi connectivity index (χ3n) is 3.68. The number of hydrogen-bond donors (Lipinski definition) is 1. The highest BCUT2D eigenvalue weighted by Gasteiger charge is 2.26. The first-order chi connectivity index (χ1) is 9.15. The van der Waals surface area contributed by atoms with Gasteiger partial charge in [-0.1, -0.05) is 6.92 Å². The monoisotopic (exact) mass is 257 g/mol. The lowest BCUT2D eigenvalue weighted by Gasteiger charge is -2.34. The van der Waals surface area contributed by atoms with Crippen molar-refractivity contribution in [1.82, 2.24) is 4.98 Å². The van der Waals surface area contributed by atoms with Crippen LogP contribution in [0.15, 0.2) is 30.5 Å². The third kappa shape index (κ3) is 2.12. The van der Waals surface area contributed by atoms with E-state index in [-0.39, 0.29) is 10.6 Å². The van der Waals surface area contributed by atoms with Gasteiger partial charge in [-0.15, -0.1) is 0 Å². The second kappa shape index (κ2) is 4.50. The van der Waals surface area contributed by atoms with Crippen molar-refractivity contribution in [1.29, 1.82) is 0 Å². The average molecular weight is 257 g/mol. The van der Waals surface area contributed by atoms with E-state index in [0.717, 1.165) is 29.8 Å². The Hall–Kier alpha value is -2.17. The molecule has 3 rings (SSSR count). The number of nitro groups is 1. The summed E-state index contributed by atoms with van der Waals surface area (Å²) in [5.74, 6) is 0.764. The highest BCUT2D eigenvalue weighted by atomic mass is 16.6. The summed E-state index contributed by atoms with van der Waals surface area (Å²) in [5, 5.41) is 15.3. The fraction of sp³-hybridized carbons (Fsp3) is 0.357. The van der Waals surface area contributed by atoms with E-state index in [0.29, 0.717) is 11.6 Å². The van der Waals surface area contributed by atoms with Crippen LogP contribution in [0.2, 0.25) is 0 Å². The number of nitrogens with zero attached hydrogens (tertiary/aromatic N) is 2. The number of benzene rings is 1. The van der Waals surface area contributed by atoms with Crippen LogP contribution >= 0.6 is 0 Å². The van der Waals surface area contributed by atoms with Crippen molar-refractivity contribution in [2.75, 3.05) is 5.32 Å². The highest BCUT2D eigenvalue weighted by molar-refractivity contribution is 5.97. The van der Waals surface area contributed by atoms with Crippen molar-refractivity contribution in [3.8, 4) is 0 Å². The zero-order chi connectivity index (χ0) is 13.4. The molecule has 0 bridgehead atoms. The Morgan fingerprint density at radius 2 is 2.16 bits per heavy atom. The van der Waals surface area contributed by atoms with Crippen LogP contribution < -0.4 is 5.32 Å². The molecular formula is C14H15N3O2. The van der Waals surface area contributed by atoms with Crippen LogP contribution in [0.1, 0.15) is 19.8 Å². The maximum atomic E-state index is 11.0. The van der Waals surface area contributed by atoms with Crippen LogP contribution in [0.4, 0.5) is 11.4 Å². The van der Waals surface area contributed by atoms with E-state index < -0.39 is 0 Å². The lowest BCUT2D eigenvalue weighted by atomic mass is 9.82. The molecule has 1 aromatic heterocycles. The number of anilines is 1. The molecule has 0 saturated heterocycles. The first-order valence-corrected chi connectivity index (χ1v) is 6.44. The van der Waals surface area contributed by atoms with Gasteiger partial charge in [-0.2, -0.15) is 0 Å². The van der Waals surface area contributed by atoms with E-state index in [9.17, 15) is 10.1 Å². The molecule has 1 heterocycles. The van der Waals surface area contributed by atoms with Crippen LogP contribution in [0, 0.1) is 16.0 Å². The van der Waals surface area contributed by atoms with Crippen molar-refractivity contribution in [2.45, 2.75) is 25.8 Å². The molecule has 1 fully saturated rings. The Kier molecular flexibility index (Phi) is 2.81. The zero-order valence-corrected chi connectivity index (χ0v) is 10.7. The van der Waals surface area contributed by atoms with Gasteiger partial charge in [0.05, 0.1) is 4.92 Å². The van der Waals surface area contributed by atoms with Gasteiger partial charge in [0.15, 0.2) is 0 Å². The van der Waals surface area contributed by atoms with Gasteiger partial charge in [-0.3, -0.25) is 10.1 Å². The standard InChI is InChI=1S/C14H15N3O2/c1-9-7-10(8-9)16-12-4-5-13(17(18)19)14-11(12)3-2-6-15-14/h2-6,9-10,16H,7-8H2,1H3. The fourth-order valence-electron chi connectivity index (χ4n) is 2.67. The molecule has 1 N–H and O–H groups in total. The summed E-state index contributed by atoms with van der Waals surface area (Å²) in [4.78, 5) is 14.8. The molecule has 0 unspecified atom stereocenters. The molecule has 1 aromatic carbocycles. The SMILES string of the molecule is CC1CC(Nc2ccc([N+](=O)[O-])c3ncccc23)C1. The number of rotatable bonds is 3. The maximum Gasteiger partial charge on any atom is 0.295 e. The highest BCUT2D eigenvalue weighted by Crippen LogP contribution is 2.34. The quantitative estimate of drug-likeness (QED) is 0.676. The Balaban J connectivity index is 2.01. The smallest absolute Gasteiger partial charge is 0.295 e. The van der Waals surface area contributed by atoms with Crippen molar-refractivity contribution in [3.05, 3.63) is 40.6 Å². The van der Waals surface area contributed by atoms with Gasteiger partial charge in [0.25, 0.3) is 5.69 Å². The van der Waals surface area contributed by atoms with E-state index in [1.54, 1.807) is 18.3 Å². The van der Waals surface area contributed by atoms with Gasteiger partial charge < -0.3 is 5.32 Å². The number of pyridine rings is 1. The molecule has 0 aliphatic heterocycles. The third-order valence-corrected chi connectivity index (χ3v) is 3.68. The minimum atomic E-state index is -0.384. The molecule has 0 radical (unpaired) electrons.